The lowest BCUT2D eigenvalue weighted by Crippen LogP contribution is -2.61. The molecule has 2 aromatic rings. The van der Waals surface area contributed by atoms with Gasteiger partial charge in [-0.15, -0.1) is 0 Å². The smallest absolute Gasteiger partial charge is 0.123 e. The molecule has 0 spiro atoms. The number of hydrogen-bond acceptors (Lipinski definition) is 4. The van der Waals surface area contributed by atoms with Crippen molar-refractivity contribution in [3.63, 3.8) is 0 Å². The van der Waals surface area contributed by atoms with E-state index in [2.05, 4.69) is 18.0 Å². The lowest BCUT2D eigenvalue weighted by molar-refractivity contribution is -0.196. The summed E-state index contributed by atoms with van der Waals surface area (Å²) in [5.74, 6) is -0.292. The zero-order valence-electron chi connectivity index (χ0n) is 19.1. The fraction of sp³-hybridized carbons (Fsp3) is 0.519. The van der Waals surface area contributed by atoms with Gasteiger partial charge in [0.05, 0.1) is 24.0 Å². The topological polar surface area (TPSA) is 73.6 Å². The normalized spacial score (nSPS) is 37.4. The van der Waals surface area contributed by atoms with Crippen molar-refractivity contribution in [2.45, 2.75) is 58.2 Å². The third-order valence-corrected chi connectivity index (χ3v) is 8.37. The maximum atomic E-state index is 13.5. The van der Waals surface area contributed by atoms with Crippen LogP contribution in [0.4, 0.5) is 4.39 Å². The predicted molar refractivity (Wildman–Crippen MR) is 124 cm³/mol. The van der Waals surface area contributed by atoms with Crippen molar-refractivity contribution in [1.82, 2.24) is 4.98 Å². The Morgan fingerprint density at radius 2 is 1.88 bits per heavy atom. The molecule has 172 valence electrons. The third kappa shape index (κ3) is 3.91. The Balaban J connectivity index is 1.61. The van der Waals surface area contributed by atoms with Gasteiger partial charge in [0.25, 0.3) is 0 Å². The third-order valence-electron chi connectivity index (χ3n) is 8.37. The van der Waals surface area contributed by atoms with Crippen LogP contribution < -0.4 is 0 Å². The summed E-state index contributed by atoms with van der Waals surface area (Å²) in [5.41, 5.74) is 0.715. The van der Waals surface area contributed by atoms with E-state index < -0.39 is 17.1 Å². The molecule has 0 radical (unpaired) electrons. The Morgan fingerprint density at radius 1 is 1.09 bits per heavy atom. The summed E-state index contributed by atoms with van der Waals surface area (Å²) in [6.07, 6.45) is 8.03. The second-order valence-electron chi connectivity index (χ2n) is 10.5. The Kier molecular flexibility index (Phi) is 6.03. The van der Waals surface area contributed by atoms with Crippen molar-refractivity contribution in [3.05, 3.63) is 60.2 Å². The van der Waals surface area contributed by atoms with Crippen molar-refractivity contribution in [2.24, 2.45) is 22.7 Å². The summed E-state index contributed by atoms with van der Waals surface area (Å²) in [6, 6.07) is 10.3. The summed E-state index contributed by atoms with van der Waals surface area (Å²) < 4.78 is 13.5. The number of pyridine rings is 1. The van der Waals surface area contributed by atoms with E-state index in [9.17, 15) is 19.7 Å². The van der Waals surface area contributed by atoms with Gasteiger partial charge in [-0.25, -0.2) is 4.39 Å². The van der Waals surface area contributed by atoms with Gasteiger partial charge in [0.15, 0.2) is 0 Å². The van der Waals surface area contributed by atoms with E-state index in [0.29, 0.717) is 12.8 Å². The molecule has 2 saturated carbocycles. The monoisotopic (exact) mass is 439 g/mol. The molecule has 0 bridgehead atoms. The van der Waals surface area contributed by atoms with E-state index in [-0.39, 0.29) is 29.7 Å². The van der Waals surface area contributed by atoms with E-state index in [4.69, 9.17) is 0 Å². The van der Waals surface area contributed by atoms with Gasteiger partial charge in [-0.3, -0.25) is 4.98 Å². The summed E-state index contributed by atoms with van der Waals surface area (Å²) in [4.78, 5) is 4.53. The number of rotatable bonds is 4. The highest BCUT2D eigenvalue weighted by Gasteiger charge is 2.60. The number of halogens is 1. The highest BCUT2D eigenvalue weighted by molar-refractivity contribution is 5.63. The van der Waals surface area contributed by atoms with Gasteiger partial charge < -0.3 is 15.3 Å². The van der Waals surface area contributed by atoms with Gasteiger partial charge in [0, 0.05) is 23.1 Å². The van der Waals surface area contributed by atoms with Crippen LogP contribution in [-0.2, 0) is 0 Å². The number of nitrogens with zero attached hydrogens (tertiary/aromatic N) is 1. The van der Waals surface area contributed by atoms with Crippen LogP contribution >= 0.6 is 0 Å². The molecule has 3 N–H and O–H groups in total. The first kappa shape index (κ1) is 23.1. The Hall–Kier alpha value is -2.08. The fourth-order valence-electron chi connectivity index (χ4n) is 6.45. The molecule has 6 atom stereocenters. The van der Waals surface area contributed by atoms with Crippen molar-refractivity contribution < 1.29 is 19.7 Å². The van der Waals surface area contributed by atoms with Gasteiger partial charge >= 0.3 is 0 Å². The Labute approximate surface area is 189 Å². The molecule has 4 rings (SSSR count). The predicted octanol–water partition coefficient (Wildman–Crippen LogP) is 4.84. The van der Waals surface area contributed by atoms with Crippen LogP contribution in [0.3, 0.4) is 0 Å². The van der Waals surface area contributed by atoms with Gasteiger partial charge in [-0.2, -0.15) is 0 Å². The van der Waals surface area contributed by atoms with Crippen LogP contribution in [0.1, 0.15) is 52.1 Å². The molecule has 0 aliphatic heterocycles. The first-order chi connectivity index (χ1) is 15.1. The van der Waals surface area contributed by atoms with E-state index in [0.717, 1.165) is 29.7 Å². The van der Waals surface area contributed by atoms with Gasteiger partial charge in [0.1, 0.15) is 5.82 Å². The second-order valence-corrected chi connectivity index (χ2v) is 10.5. The molecule has 4 nitrogen and oxygen atoms in total. The van der Waals surface area contributed by atoms with Crippen molar-refractivity contribution >= 4 is 6.08 Å². The number of fused-ring (bicyclic) bond motifs is 1. The molecule has 5 heteroatoms. The van der Waals surface area contributed by atoms with Gasteiger partial charge in [-0.1, -0.05) is 38.1 Å². The number of aromatic nitrogens is 1. The molecule has 1 aromatic carbocycles. The highest BCUT2D eigenvalue weighted by Crippen LogP contribution is 2.62. The molecule has 32 heavy (non-hydrogen) atoms. The zero-order valence-corrected chi connectivity index (χ0v) is 19.1. The fourth-order valence-corrected chi connectivity index (χ4v) is 6.45. The first-order valence-electron chi connectivity index (χ1n) is 11.5. The molecule has 2 aliphatic carbocycles. The molecule has 1 aromatic heterocycles. The summed E-state index contributed by atoms with van der Waals surface area (Å²) in [5, 5.41) is 32.1. The maximum absolute atomic E-state index is 13.5. The minimum absolute atomic E-state index is 0.0594. The minimum Gasteiger partial charge on any atom is -0.396 e. The molecule has 0 saturated heterocycles. The van der Waals surface area contributed by atoms with Crippen molar-refractivity contribution in [1.29, 1.82) is 0 Å². The summed E-state index contributed by atoms with van der Waals surface area (Å²) in [7, 11) is 0. The molecule has 0 unspecified atom stereocenters. The first-order valence-corrected chi connectivity index (χ1v) is 11.5. The standard InChI is InChI=1S/C27H34FNO3/c1-25-13-12-24(31)26(2,17-30)22(25)11-14-27(3,32)23(25)10-9-21-8-7-19(16-29-21)18-5-4-6-20(28)15-18/h4-10,15-16,22-24,30-32H,11-14,17H2,1-3H3/b10-9+/t22-,23-,24+,25+,26-,27-/m0/s1. The number of aliphatic hydroxyl groups excluding tert-OH is 2. The largest absolute Gasteiger partial charge is 0.396 e. The number of aliphatic hydroxyl groups is 3. The molecule has 2 aliphatic rings. The van der Waals surface area contributed by atoms with E-state index in [1.807, 2.05) is 38.1 Å². The van der Waals surface area contributed by atoms with E-state index in [1.165, 1.54) is 12.1 Å². The second kappa shape index (κ2) is 8.36. The van der Waals surface area contributed by atoms with Crippen molar-refractivity contribution in [3.8, 4) is 11.1 Å². The van der Waals surface area contributed by atoms with Crippen LogP contribution in [0.5, 0.6) is 0 Å². The van der Waals surface area contributed by atoms with Crippen LogP contribution in [0.2, 0.25) is 0 Å². The average molecular weight is 440 g/mol. The molecule has 2 fully saturated rings. The molecular formula is C27H34FNO3. The summed E-state index contributed by atoms with van der Waals surface area (Å²) in [6.45, 7) is 6.01. The van der Waals surface area contributed by atoms with Crippen LogP contribution in [0.15, 0.2) is 48.7 Å². The van der Waals surface area contributed by atoms with Crippen molar-refractivity contribution in [2.75, 3.05) is 6.61 Å². The number of hydrogen-bond donors (Lipinski definition) is 3. The lowest BCUT2D eigenvalue weighted by atomic mass is 9.44. The maximum Gasteiger partial charge on any atom is 0.123 e. The van der Waals surface area contributed by atoms with Gasteiger partial charge in [0.2, 0.25) is 0 Å². The molecular weight excluding hydrogens is 405 g/mol. The number of benzene rings is 1. The Bertz CT molecular complexity index is 989. The van der Waals surface area contributed by atoms with Crippen LogP contribution in [0, 0.1) is 28.5 Å². The zero-order chi connectivity index (χ0) is 23.1. The summed E-state index contributed by atoms with van der Waals surface area (Å²) >= 11 is 0. The van der Waals surface area contributed by atoms with E-state index in [1.54, 1.807) is 12.3 Å². The molecule has 1 heterocycles. The molecule has 0 amide bonds. The minimum atomic E-state index is -0.873. The van der Waals surface area contributed by atoms with E-state index >= 15 is 0 Å². The quantitative estimate of drug-likeness (QED) is 0.638. The highest BCUT2D eigenvalue weighted by atomic mass is 19.1. The van der Waals surface area contributed by atoms with Crippen LogP contribution in [0.25, 0.3) is 17.2 Å². The van der Waals surface area contributed by atoms with Gasteiger partial charge in [-0.05, 0) is 73.8 Å². The van der Waals surface area contributed by atoms with Crippen LogP contribution in [-0.4, -0.2) is 38.6 Å². The lowest BCUT2D eigenvalue weighted by Gasteiger charge is -2.62. The average Bonchev–Trinajstić information content (AvgIpc) is 2.76. The Morgan fingerprint density at radius 3 is 2.53 bits per heavy atom. The SMILES string of the molecule is C[C@]1(CO)[C@H]2CC[C@](C)(O)[C@@H](/C=C/c3ccc(-c4cccc(F)c4)cn3)[C@]2(C)CC[C@H]1O.